The standard InChI is InChI=1S/C23H25Cl2N5O2/c1-29-21(23(9-10-23)15-3-5-17(31-2)6-4-15)27-28-22(29)30-11-7-18(8-12-30)32-20-19(25)13-16(24)14-26-20/h3-6,13-14,18H,7-12H2,1-2H3. The highest BCUT2D eigenvalue weighted by Crippen LogP contribution is 2.53. The van der Waals surface area contributed by atoms with Crippen LogP contribution in [0.25, 0.3) is 0 Å². The molecule has 0 unspecified atom stereocenters. The van der Waals surface area contributed by atoms with E-state index in [1.54, 1.807) is 19.4 Å². The van der Waals surface area contributed by atoms with E-state index in [2.05, 4.69) is 43.8 Å². The molecule has 1 aromatic carbocycles. The number of hydrogen-bond donors (Lipinski definition) is 0. The Bertz CT molecular complexity index is 1110. The molecule has 2 aliphatic rings. The van der Waals surface area contributed by atoms with Gasteiger partial charge in [0.05, 0.1) is 17.5 Å². The molecule has 5 rings (SSSR count). The maximum absolute atomic E-state index is 6.20. The molecular weight excluding hydrogens is 449 g/mol. The van der Waals surface area contributed by atoms with E-state index in [-0.39, 0.29) is 11.5 Å². The van der Waals surface area contributed by atoms with Crippen LogP contribution in [0.1, 0.15) is 37.1 Å². The van der Waals surface area contributed by atoms with Gasteiger partial charge in [0, 0.05) is 39.2 Å². The summed E-state index contributed by atoms with van der Waals surface area (Å²) in [5, 5.41) is 10.1. The van der Waals surface area contributed by atoms with Gasteiger partial charge in [-0.15, -0.1) is 10.2 Å². The minimum atomic E-state index is -0.0509. The summed E-state index contributed by atoms with van der Waals surface area (Å²) in [5.41, 5.74) is 1.21. The zero-order chi connectivity index (χ0) is 22.3. The number of piperidine rings is 1. The lowest BCUT2D eigenvalue weighted by molar-refractivity contribution is 0.163. The first kappa shape index (κ1) is 21.3. The van der Waals surface area contributed by atoms with Crippen LogP contribution in [-0.2, 0) is 12.5 Å². The number of anilines is 1. The normalized spacial score (nSPS) is 17.9. The molecule has 1 saturated heterocycles. The molecule has 0 atom stereocenters. The predicted octanol–water partition coefficient (Wildman–Crippen LogP) is 4.65. The monoisotopic (exact) mass is 473 g/mol. The Morgan fingerprint density at radius 3 is 2.41 bits per heavy atom. The number of ether oxygens (including phenoxy) is 2. The number of pyridine rings is 1. The summed E-state index contributed by atoms with van der Waals surface area (Å²) in [6, 6.07) is 9.95. The Kier molecular flexibility index (Phi) is 5.63. The van der Waals surface area contributed by atoms with Crippen LogP contribution in [0.4, 0.5) is 5.95 Å². The fraction of sp³-hybridized carbons (Fsp3) is 0.435. The van der Waals surface area contributed by atoms with Gasteiger partial charge in [-0.2, -0.15) is 0 Å². The van der Waals surface area contributed by atoms with Crippen molar-refractivity contribution in [3.05, 3.63) is 58.0 Å². The van der Waals surface area contributed by atoms with E-state index < -0.39 is 0 Å². The highest BCUT2D eigenvalue weighted by atomic mass is 35.5. The van der Waals surface area contributed by atoms with Gasteiger partial charge in [0.2, 0.25) is 11.8 Å². The van der Waals surface area contributed by atoms with E-state index >= 15 is 0 Å². The Balaban J connectivity index is 1.27. The van der Waals surface area contributed by atoms with Crippen LogP contribution in [-0.4, -0.2) is 46.1 Å². The summed E-state index contributed by atoms with van der Waals surface area (Å²) in [5.74, 6) is 3.23. The molecular formula is C23H25Cl2N5O2. The van der Waals surface area contributed by atoms with Crippen LogP contribution in [0.5, 0.6) is 11.6 Å². The maximum atomic E-state index is 6.20. The zero-order valence-corrected chi connectivity index (χ0v) is 19.6. The van der Waals surface area contributed by atoms with Gasteiger partial charge >= 0.3 is 0 Å². The Hall–Kier alpha value is -2.51. The molecule has 32 heavy (non-hydrogen) atoms. The highest BCUT2D eigenvalue weighted by Gasteiger charge is 2.50. The number of hydrogen-bond acceptors (Lipinski definition) is 6. The fourth-order valence-corrected chi connectivity index (χ4v) is 4.93. The third-order valence-electron chi connectivity index (χ3n) is 6.45. The quantitative estimate of drug-likeness (QED) is 0.518. The van der Waals surface area contributed by atoms with Gasteiger partial charge in [-0.3, -0.25) is 4.57 Å². The lowest BCUT2D eigenvalue weighted by Crippen LogP contribution is -2.39. The first-order valence-corrected chi connectivity index (χ1v) is 11.5. The van der Waals surface area contributed by atoms with Gasteiger partial charge in [-0.25, -0.2) is 4.98 Å². The molecule has 0 spiro atoms. The van der Waals surface area contributed by atoms with E-state index in [0.29, 0.717) is 15.9 Å². The van der Waals surface area contributed by atoms with Gasteiger partial charge in [-0.05, 0) is 36.6 Å². The highest BCUT2D eigenvalue weighted by molar-refractivity contribution is 6.35. The molecule has 1 aliphatic carbocycles. The molecule has 0 amide bonds. The number of nitrogens with zero attached hydrogens (tertiary/aromatic N) is 5. The van der Waals surface area contributed by atoms with Gasteiger partial charge < -0.3 is 14.4 Å². The van der Waals surface area contributed by atoms with Crippen LogP contribution in [0, 0.1) is 0 Å². The van der Waals surface area contributed by atoms with Crippen molar-refractivity contribution in [2.24, 2.45) is 7.05 Å². The van der Waals surface area contributed by atoms with E-state index in [1.165, 1.54) is 5.56 Å². The van der Waals surface area contributed by atoms with Crippen molar-refractivity contribution in [1.29, 1.82) is 0 Å². The number of rotatable bonds is 6. The number of benzene rings is 1. The smallest absolute Gasteiger partial charge is 0.232 e. The molecule has 3 heterocycles. The van der Waals surface area contributed by atoms with E-state index in [1.807, 2.05) is 12.1 Å². The average Bonchev–Trinajstić information content (AvgIpc) is 3.52. The third-order valence-corrected chi connectivity index (χ3v) is 6.93. The third kappa shape index (κ3) is 3.88. The van der Waals surface area contributed by atoms with Crippen LogP contribution in [0.2, 0.25) is 10.0 Å². The lowest BCUT2D eigenvalue weighted by Gasteiger charge is -2.32. The fourth-order valence-electron chi connectivity index (χ4n) is 4.51. The van der Waals surface area contributed by atoms with Crippen molar-refractivity contribution in [2.45, 2.75) is 37.2 Å². The molecule has 0 N–H and O–H groups in total. The van der Waals surface area contributed by atoms with Crippen molar-refractivity contribution in [2.75, 3.05) is 25.1 Å². The van der Waals surface area contributed by atoms with E-state index in [0.717, 1.165) is 56.3 Å². The van der Waals surface area contributed by atoms with Crippen LogP contribution in [0.15, 0.2) is 36.5 Å². The topological polar surface area (TPSA) is 65.3 Å². The number of methoxy groups -OCH3 is 1. The molecule has 168 valence electrons. The Labute approximate surface area is 197 Å². The first-order chi connectivity index (χ1) is 15.5. The van der Waals surface area contributed by atoms with Gasteiger partial charge in [-0.1, -0.05) is 35.3 Å². The van der Waals surface area contributed by atoms with Crippen LogP contribution < -0.4 is 14.4 Å². The minimum Gasteiger partial charge on any atom is -0.497 e. The molecule has 1 saturated carbocycles. The summed E-state index contributed by atoms with van der Waals surface area (Å²) >= 11 is 12.1. The predicted molar refractivity (Wildman–Crippen MR) is 124 cm³/mol. The molecule has 9 heteroatoms. The van der Waals surface area contributed by atoms with Crippen molar-refractivity contribution >= 4 is 29.2 Å². The maximum Gasteiger partial charge on any atom is 0.232 e. The SMILES string of the molecule is COc1ccc(C2(c3nnc(N4CCC(Oc5ncc(Cl)cc5Cl)CC4)n3C)CC2)cc1. The van der Waals surface area contributed by atoms with Crippen molar-refractivity contribution < 1.29 is 9.47 Å². The van der Waals surface area contributed by atoms with Crippen molar-refractivity contribution in [3.63, 3.8) is 0 Å². The Morgan fingerprint density at radius 1 is 1.06 bits per heavy atom. The lowest BCUT2D eigenvalue weighted by atomic mass is 9.95. The average molecular weight is 474 g/mol. The van der Waals surface area contributed by atoms with Crippen LogP contribution >= 0.6 is 23.2 Å². The number of halogens is 2. The summed E-state index contributed by atoms with van der Waals surface area (Å²) in [4.78, 5) is 6.48. The summed E-state index contributed by atoms with van der Waals surface area (Å²) < 4.78 is 13.5. The van der Waals surface area contributed by atoms with Gasteiger partial charge in [0.25, 0.3) is 0 Å². The van der Waals surface area contributed by atoms with Crippen molar-refractivity contribution in [1.82, 2.24) is 19.7 Å². The molecule has 1 aliphatic heterocycles. The Morgan fingerprint density at radius 2 is 1.78 bits per heavy atom. The van der Waals surface area contributed by atoms with Crippen molar-refractivity contribution in [3.8, 4) is 11.6 Å². The summed E-state index contributed by atoms with van der Waals surface area (Å²) in [7, 11) is 3.75. The largest absolute Gasteiger partial charge is 0.497 e. The number of aromatic nitrogens is 4. The molecule has 7 nitrogen and oxygen atoms in total. The van der Waals surface area contributed by atoms with Gasteiger partial charge in [0.1, 0.15) is 22.7 Å². The second kappa shape index (κ2) is 8.45. The second-order valence-electron chi connectivity index (χ2n) is 8.44. The molecule has 3 aromatic rings. The minimum absolute atomic E-state index is 0.0509. The first-order valence-electron chi connectivity index (χ1n) is 10.8. The van der Waals surface area contributed by atoms with E-state index in [9.17, 15) is 0 Å². The molecule has 2 fully saturated rings. The summed E-state index contributed by atoms with van der Waals surface area (Å²) in [6.07, 6.45) is 5.47. The zero-order valence-electron chi connectivity index (χ0n) is 18.1. The molecule has 2 aromatic heterocycles. The molecule has 0 bridgehead atoms. The summed E-state index contributed by atoms with van der Waals surface area (Å²) in [6.45, 7) is 1.66. The molecule has 0 radical (unpaired) electrons. The van der Waals surface area contributed by atoms with E-state index in [4.69, 9.17) is 32.7 Å². The second-order valence-corrected chi connectivity index (χ2v) is 9.28. The van der Waals surface area contributed by atoms with Crippen LogP contribution in [0.3, 0.4) is 0 Å². The van der Waals surface area contributed by atoms with Gasteiger partial charge in [0.15, 0.2) is 0 Å².